The predicted octanol–water partition coefficient (Wildman–Crippen LogP) is 16.2. The maximum absolute atomic E-state index is 13.1. The van der Waals surface area contributed by atoms with Crippen LogP contribution in [0.4, 0.5) is 0 Å². The quantitative estimate of drug-likeness (QED) is 0.0261. The molecule has 9 nitrogen and oxygen atoms in total. The molecular weight excluding hydrogens is 923 g/mol. The Hall–Kier alpha value is -2.11. The number of carbonyl (C=O) groups excluding carboxylic acids is 1. The Balaban J connectivity index is 2.18. The highest BCUT2D eigenvalue weighted by atomic mass is 16.7. The highest BCUT2D eigenvalue weighted by Gasteiger charge is 2.44. The number of hydrogen-bond donors (Lipinski definition) is 6. The summed E-state index contributed by atoms with van der Waals surface area (Å²) in [5.74, 6) is -0.176. The van der Waals surface area contributed by atoms with Gasteiger partial charge in [-0.1, -0.05) is 286 Å². The zero-order valence-electron chi connectivity index (χ0n) is 48.1. The summed E-state index contributed by atoms with van der Waals surface area (Å²) < 4.78 is 11.3. The zero-order valence-corrected chi connectivity index (χ0v) is 48.1. The number of aliphatic hydroxyl groups excluding tert-OH is 5. The fourth-order valence-corrected chi connectivity index (χ4v) is 9.92. The van der Waals surface area contributed by atoms with E-state index in [2.05, 4.69) is 67.8 Å². The molecular formula is C65H119NO8. The molecule has 0 saturated carbocycles. The standard InChI is InChI=1S/C65H119NO8/c1-3-5-7-9-11-13-15-17-19-21-23-25-27-29-30-31-33-35-37-39-41-43-45-47-49-51-53-55-61(69)66-58(57-73-65-64(72)63(71)62(70)60(56-67)74-65)59(68)54-52-50-48-46-44-42-40-38-36-34-32-28-26-24-22-20-18-16-14-12-10-8-6-4-2/h5,7,11,13,17,19,23,25,52,54,58-60,62-65,67-68,70-72H,3-4,6,8-10,12,14-16,18,20-22,24,26-51,53,55-57H2,1-2H3,(H,66,69)/b7-5-,13-11-,19-17-,25-23-,54-52+. The Bertz CT molecular complexity index is 1350. The van der Waals surface area contributed by atoms with E-state index in [-0.39, 0.29) is 12.5 Å². The lowest BCUT2D eigenvalue weighted by Gasteiger charge is -2.40. The van der Waals surface area contributed by atoms with Crippen LogP contribution < -0.4 is 5.32 Å². The molecule has 1 aliphatic heterocycles. The first kappa shape index (κ1) is 69.9. The number of carbonyl (C=O) groups is 1. The van der Waals surface area contributed by atoms with Crippen LogP contribution in [0.15, 0.2) is 60.8 Å². The first-order valence-electron chi connectivity index (χ1n) is 31.5. The second-order valence-electron chi connectivity index (χ2n) is 21.8. The monoisotopic (exact) mass is 1040 g/mol. The van der Waals surface area contributed by atoms with E-state index in [1.165, 1.54) is 205 Å². The van der Waals surface area contributed by atoms with Gasteiger partial charge in [0.15, 0.2) is 6.29 Å². The van der Waals surface area contributed by atoms with Crippen molar-refractivity contribution in [1.82, 2.24) is 5.32 Å². The van der Waals surface area contributed by atoms with Crippen molar-refractivity contribution in [2.75, 3.05) is 13.2 Å². The molecule has 1 rings (SSSR count). The van der Waals surface area contributed by atoms with Gasteiger partial charge in [0.2, 0.25) is 5.91 Å². The molecule has 1 heterocycles. The van der Waals surface area contributed by atoms with Crippen LogP contribution in [-0.4, -0.2) is 87.5 Å². The van der Waals surface area contributed by atoms with Crippen molar-refractivity contribution in [1.29, 1.82) is 0 Å². The number of amides is 1. The van der Waals surface area contributed by atoms with Gasteiger partial charge in [-0.25, -0.2) is 0 Å². The van der Waals surface area contributed by atoms with E-state index in [1.807, 2.05) is 6.08 Å². The third kappa shape index (κ3) is 42.9. The molecule has 1 amide bonds. The fraction of sp³-hybridized carbons (Fsp3) is 0.831. The van der Waals surface area contributed by atoms with Crippen LogP contribution in [0.5, 0.6) is 0 Å². The minimum atomic E-state index is -1.57. The molecule has 0 aliphatic carbocycles. The molecule has 432 valence electrons. The van der Waals surface area contributed by atoms with Crippen LogP contribution in [-0.2, 0) is 14.3 Å². The maximum Gasteiger partial charge on any atom is 0.220 e. The smallest absolute Gasteiger partial charge is 0.220 e. The first-order valence-corrected chi connectivity index (χ1v) is 31.5. The molecule has 1 aliphatic rings. The zero-order chi connectivity index (χ0) is 53.6. The molecule has 7 unspecified atom stereocenters. The SMILES string of the molecule is CC/C=C\C/C=C\C/C=C\C/C=C\CCCCCCCCCCCCCCCCC(=O)NC(COC1OC(CO)C(O)C(O)C1O)C(O)/C=C/CCCCCCCCCCCCCCCCCCCCCCCC. The van der Waals surface area contributed by atoms with Gasteiger partial charge in [0, 0.05) is 6.42 Å². The van der Waals surface area contributed by atoms with E-state index in [4.69, 9.17) is 9.47 Å². The van der Waals surface area contributed by atoms with E-state index in [0.29, 0.717) is 6.42 Å². The molecule has 0 radical (unpaired) electrons. The average Bonchev–Trinajstić information content (AvgIpc) is 3.40. The van der Waals surface area contributed by atoms with Gasteiger partial charge in [0.1, 0.15) is 24.4 Å². The van der Waals surface area contributed by atoms with Gasteiger partial charge < -0.3 is 40.3 Å². The number of ether oxygens (including phenoxy) is 2. The summed E-state index contributed by atoms with van der Waals surface area (Å²) in [6.07, 6.45) is 67.2. The van der Waals surface area contributed by atoms with Gasteiger partial charge in [-0.2, -0.15) is 0 Å². The third-order valence-corrected chi connectivity index (χ3v) is 14.8. The highest BCUT2D eigenvalue weighted by Crippen LogP contribution is 2.23. The van der Waals surface area contributed by atoms with Crippen molar-refractivity contribution in [2.45, 2.75) is 333 Å². The topological polar surface area (TPSA) is 149 Å². The van der Waals surface area contributed by atoms with Gasteiger partial charge in [-0.05, 0) is 57.8 Å². The van der Waals surface area contributed by atoms with Crippen LogP contribution in [0.25, 0.3) is 0 Å². The molecule has 74 heavy (non-hydrogen) atoms. The summed E-state index contributed by atoms with van der Waals surface area (Å²) in [7, 11) is 0. The van der Waals surface area contributed by atoms with E-state index in [9.17, 15) is 30.3 Å². The molecule has 7 atom stereocenters. The number of hydrogen-bond acceptors (Lipinski definition) is 8. The summed E-state index contributed by atoms with van der Waals surface area (Å²) in [6, 6.07) is -0.808. The lowest BCUT2D eigenvalue weighted by atomic mass is 9.99. The van der Waals surface area contributed by atoms with Crippen molar-refractivity contribution in [3.63, 3.8) is 0 Å². The summed E-state index contributed by atoms with van der Waals surface area (Å²) in [5, 5.41) is 54.7. The van der Waals surface area contributed by atoms with Crippen LogP contribution in [0.3, 0.4) is 0 Å². The van der Waals surface area contributed by atoms with E-state index >= 15 is 0 Å². The Morgan fingerprint density at radius 1 is 0.473 bits per heavy atom. The van der Waals surface area contributed by atoms with Gasteiger partial charge in [0.05, 0.1) is 25.4 Å². The highest BCUT2D eigenvalue weighted by molar-refractivity contribution is 5.76. The molecule has 0 spiro atoms. The molecule has 0 aromatic rings. The minimum Gasteiger partial charge on any atom is -0.394 e. The van der Waals surface area contributed by atoms with Crippen molar-refractivity contribution in [2.24, 2.45) is 0 Å². The predicted molar refractivity (Wildman–Crippen MR) is 313 cm³/mol. The Morgan fingerprint density at radius 3 is 1.24 bits per heavy atom. The van der Waals surface area contributed by atoms with Crippen LogP contribution in [0.1, 0.15) is 290 Å². The Labute approximate surface area is 456 Å². The summed E-state index contributed by atoms with van der Waals surface area (Å²) in [4.78, 5) is 13.1. The van der Waals surface area contributed by atoms with Gasteiger partial charge in [0.25, 0.3) is 0 Å². The van der Waals surface area contributed by atoms with Crippen molar-refractivity contribution >= 4 is 5.91 Å². The fourth-order valence-electron chi connectivity index (χ4n) is 9.92. The summed E-state index contributed by atoms with van der Waals surface area (Å²) >= 11 is 0. The first-order chi connectivity index (χ1) is 36.3. The minimum absolute atomic E-state index is 0.176. The molecule has 1 fully saturated rings. The van der Waals surface area contributed by atoms with Crippen LogP contribution >= 0.6 is 0 Å². The van der Waals surface area contributed by atoms with E-state index in [0.717, 1.165) is 64.2 Å². The number of aliphatic hydroxyl groups is 5. The lowest BCUT2D eigenvalue weighted by molar-refractivity contribution is -0.302. The van der Waals surface area contributed by atoms with Crippen LogP contribution in [0, 0.1) is 0 Å². The van der Waals surface area contributed by atoms with E-state index in [1.54, 1.807) is 6.08 Å². The lowest BCUT2D eigenvalue weighted by Crippen LogP contribution is -2.60. The van der Waals surface area contributed by atoms with Gasteiger partial charge in [-0.15, -0.1) is 0 Å². The molecule has 6 N–H and O–H groups in total. The van der Waals surface area contributed by atoms with E-state index < -0.39 is 49.5 Å². The second kappa shape index (κ2) is 54.3. The normalized spacial score (nSPS) is 19.4. The molecule has 0 bridgehead atoms. The van der Waals surface area contributed by atoms with Gasteiger partial charge >= 0.3 is 0 Å². The number of rotatable bonds is 54. The van der Waals surface area contributed by atoms with Crippen molar-refractivity contribution < 1.29 is 39.8 Å². The molecule has 0 aromatic carbocycles. The number of unbranched alkanes of at least 4 members (excludes halogenated alkanes) is 36. The summed E-state index contributed by atoms with van der Waals surface area (Å²) in [5.41, 5.74) is 0. The second-order valence-corrected chi connectivity index (χ2v) is 21.8. The third-order valence-electron chi connectivity index (χ3n) is 14.8. The number of allylic oxidation sites excluding steroid dienone is 9. The maximum atomic E-state index is 13.1. The largest absolute Gasteiger partial charge is 0.394 e. The van der Waals surface area contributed by atoms with Crippen molar-refractivity contribution in [3.05, 3.63) is 60.8 Å². The number of nitrogens with one attached hydrogen (secondary N) is 1. The van der Waals surface area contributed by atoms with Gasteiger partial charge in [-0.3, -0.25) is 4.79 Å². The van der Waals surface area contributed by atoms with Crippen LogP contribution in [0.2, 0.25) is 0 Å². The van der Waals surface area contributed by atoms with Crippen molar-refractivity contribution in [3.8, 4) is 0 Å². The summed E-state index contributed by atoms with van der Waals surface area (Å²) in [6.45, 7) is 3.70. The molecule has 1 saturated heterocycles. The molecule has 0 aromatic heterocycles. The molecule has 9 heteroatoms. The Morgan fingerprint density at radius 2 is 0.838 bits per heavy atom. The average molecular weight is 1040 g/mol. The Kier molecular flexibility index (Phi) is 51.3.